The highest BCUT2D eigenvalue weighted by Crippen LogP contribution is 2.33. The van der Waals surface area contributed by atoms with Crippen molar-refractivity contribution in [2.75, 3.05) is 0 Å². The Balaban J connectivity index is 2.04. The van der Waals surface area contributed by atoms with Crippen LogP contribution in [0.4, 0.5) is 8.78 Å². The van der Waals surface area contributed by atoms with Crippen LogP contribution in [-0.2, 0) is 6.42 Å². The Morgan fingerprint density at radius 2 is 2.12 bits per heavy atom. The molecule has 3 heteroatoms. The molecule has 0 amide bonds. The molecule has 0 radical (unpaired) electrons. The fourth-order valence-electron chi connectivity index (χ4n) is 2.26. The van der Waals surface area contributed by atoms with Crippen molar-refractivity contribution in [3.05, 3.63) is 29.3 Å². The van der Waals surface area contributed by atoms with E-state index in [0.717, 1.165) is 37.7 Å². The fraction of sp³-hybridized carbons (Fsp3) is 0.571. The first-order valence-electron chi connectivity index (χ1n) is 6.36. The summed E-state index contributed by atoms with van der Waals surface area (Å²) >= 11 is 0. The average molecular weight is 240 g/mol. The van der Waals surface area contributed by atoms with Crippen molar-refractivity contribution in [3.63, 3.8) is 0 Å². The largest absolute Gasteiger partial charge is 0.487 e. The maximum Gasteiger partial charge on any atom is 0.200 e. The van der Waals surface area contributed by atoms with Gasteiger partial charge in [0.25, 0.3) is 0 Å². The van der Waals surface area contributed by atoms with Crippen molar-refractivity contribution in [3.8, 4) is 5.75 Å². The van der Waals surface area contributed by atoms with Crippen LogP contribution in [0.25, 0.3) is 0 Å². The zero-order chi connectivity index (χ0) is 12.3. The lowest BCUT2D eigenvalue weighted by atomic mass is 9.98. The van der Waals surface area contributed by atoms with Crippen molar-refractivity contribution in [1.82, 2.24) is 0 Å². The van der Waals surface area contributed by atoms with Gasteiger partial charge in [0.2, 0.25) is 5.82 Å². The average Bonchev–Trinajstić information content (AvgIpc) is 2.35. The number of ether oxygens (including phenoxy) is 1. The Morgan fingerprint density at radius 1 is 1.29 bits per heavy atom. The summed E-state index contributed by atoms with van der Waals surface area (Å²) in [4.78, 5) is 0. The van der Waals surface area contributed by atoms with Crippen LogP contribution in [0.3, 0.4) is 0 Å². The molecule has 0 spiro atoms. The number of hydrogen-bond donors (Lipinski definition) is 0. The molecular weight excluding hydrogens is 222 g/mol. The van der Waals surface area contributed by atoms with Gasteiger partial charge in [0.05, 0.1) is 6.10 Å². The fourth-order valence-corrected chi connectivity index (χ4v) is 2.26. The molecule has 0 N–H and O–H groups in total. The Labute approximate surface area is 101 Å². The molecule has 0 aromatic heterocycles. The van der Waals surface area contributed by atoms with Crippen LogP contribution in [0.1, 0.15) is 44.6 Å². The maximum atomic E-state index is 13.5. The Kier molecular flexibility index (Phi) is 3.97. The number of rotatable bonds is 4. The van der Waals surface area contributed by atoms with Crippen molar-refractivity contribution in [2.24, 2.45) is 0 Å². The van der Waals surface area contributed by atoms with E-state index >= 15 is 0 Å². The van der Waals surface area contributed by atoms with E-state index in [1.165, 1.54) is 12.5 Å². The molecule has 1 aliphatic rings. The van der Waals surface area contributed by atoms with Gasteiger partial charge < -0.3 is 4.74 Å². The van der Waals surface area contributed by atoms with Crippen molar-refractivity contribution in [2.45, 2.75) is 51.6 Å². The molecule has 1 heterocycles. The lowest BCUT2D eigenvalue weighted by Crippen LogP contribution is -2.23. The number of aryl methyl sites for hydroxylation is 1. The molecule has 1 aromatic carbocycles. The van der Waals surface area contributed by atoms with Gasteiger partial charge >= 0.3 is 0 Å². The van der Waals surface area contributed by atoms with Gasteiger partial charge in [-0.25, -0.2) is 4.39 Å². The highest BCUT2D eigenvalue weighted by atomic mass is 19.2. The first-order chi connectivity index (χ1) is 8.22. The van der Waals surface area contributed by atoms with Crippen LogP contribution in [0.2, 0.25) is 0 Å². The molecule has 0 aliphatic carbocycles. The topological polar surface area (TPSA) is 9.23 Å². The van der Waals surface area contributed by atoms with E-state index in [0.29, 0.717) is 0 Å². The van der Waals surface area contributed by atoms with Gasteiger partial charge in [-0.05, 0) is 37.3 Å². The molecule has 1 nitrogen and oxygen atoms in total. The van der Waals surface area contributed by atoms with E-state index in [1.54, 1.807) is 6.07 Å². The van der Waals surface area contributed by atoms with Crippen LogP contribution in [-0.4, -0.2) is 6.10 Å². The molecule has 0 saturated heterocycles. The van der Waals surface area contributed by atoms with Crippen LogP contribution >= 0.6 is 0 Å². The molecular formula is C14H18F2O. The van der Waals surface area contributed by atoms with Gasteiger partial charge in [0.15, 0.2) is 11.6 Å². The second kappa shape index (κ2) is 5.48. The van der Waals surface area contributed by atoms with Gasteiger partial charge in [-0.15, -0.1) is 0 Å². The van der Waals surface area contributed by atoms with Gasteiger partial charge in [-0.2, -0.15) is 4.39 Å². The summed E-state index contributed by atoms with van der Waals surface area (Å²) in [6.07, 6.45) is 6.08. The molecule has 0 fully saturated rings. The van der Waals surface area contributed by atoms with Gasteiger partial charge in [-0.3, -0.25) is 0 Å². The van der Waals surface area contributed by atoms with E-state index in [4.69, 9.17) is 4.74 Å². The van der Waals surface area contributed by atoms with Gasteiger partial charge in [-0.1, -0.05) is 25.8 Å². The third kappa shape index (κ3) is 2.76. The minimum atomic E-state index is -0.831. The maximum absolute atomic E-state index is 13.5. The summed E-state index contributed by atoms with van der Waals surface area (Å²) in [5, 5.41) is 0. The number of fused-ring (bicyclic) bond motifs is 1. The number of benzene rings is 1. The molecule has 2 rings (SSSR count). The Bertz CT molecular complexity index is 390. The quantitative estimate of drug-likeness (QED) is 0.715. The lowest BCUT2D eigenvalue weighted by molar-refractivity contribution is 0.151. The number of halogens is 2. The highest BCUT2D eigenvalue weighted by molar-refractivity contribution is 5.37. The second-order valence-electron chi connectivity index (χ2n) is 4.62. The molecule has 0 bridgehead atoms. The van der Waals surface area contributed by atoms with E-state index in [1.807, 2.05) is 0 Å². The SMILES string of the molecule is CCCCC[C@H]1CCc2ccc(F)c(F)c2O1. The van der Waals surface area contributed by atoms with Crippen LogP contribution in [0.15, 0.2) is 12.1 Å². The zero-order valence-electron chi connectivity index (χ0n) is 10.1. The molecule has 17 heavy (non-hydrogen) atoms. The Morgan fingerprint density at radius 3 is 2.88 bits per heavy atom. The Hall–Kier alpha value is -1.12. The zero-order valence-corrected chi connectivity index (χ0v) is 10.1. The molecule has 1 aromatic rings. The first-order valence-corrected chi connectivity index (χ1v) is 6.36. The third-order valence-corrected chi connectivity index (χ3v) is 3.28. The lowest BCUT2D eigenvalue weighted by Gasteiger charge is -2.26. The molecule has 0 saturated carbocycles. The van der Waals surface area contributed by atoms with Gasteiger partial charge in [0, 0.05) is 0 Å². The molecule has 0 unspecified atom stereocenters. The number of hydrogen-bond acceptors (Lipinski definition) is 1. The third-order valence-electron chi connectivity index (χ3n) is 3.28. The van der Waals surface area contributed by atoms with Crippen molar-refractivity contribution >= 4 is 0 Å². The smallest absolute Gasteiger partial charge is 0.200 e. The molecule has 94 valence electrons. The number of unbranched alkanes of at least 4 members (excludes halogenated alkanes) is 2. The summed E-state index contributed by atoms with van der Waals surface area (Å²) in [6, 6.07) is 2.80. The van der Waals surface area contributed by atoms with E-state index < -0.39 is 11.6 Å². The van der Waals surface area contributed by atoms with Crippen LogP contribution in [0, 0.1) is 11.6 Å². The van der Waals surface area contributed by atoms with Crippen LogP contribution < -0.4 is 4.74 Å². The standard InChI is InChI=1S/C14H18F2O/c1-2-3-4-5-11-8-6-10-7-9-12(15)13(16)14(10)17-11/h7,9,11H,2-6,8H2,1H3/t11-/m0/s1. The van der Waals surface area contributed by atoms with Gasteiger partial charge in [0.1, 0.15) is 0 Å². The predicted octanol–water partition coefficient (Wildman–Crippen LogP) is 4.24. The van der Waals surface area contributed by atoms with E-state index in [2.05, 4.69) is 6.92 Å². The minimum Gasteiger partial charge on any atom is -0.487 e. The summed E-state index contributed by atoms with van der Waals surface area (Å²) in [5.41, 5.74) is 0.788. The first kappa shape index (κ1) is 12.3. The van der Waals surface area contributed by atoms with Crippen molar-refractivity contribution in [1.29, 1.82) is 0 Å². The normalized spacial score (nSPS) is 18.6. The van der Waals surface area contributed by atoms with E-state index in [9.17, 15) is 8.78 Å². The van der Waals surface area contributed by atoms with E-state index in [-0.39, 0.29) is 11.9 Å². The minimum absolute atomic E-state index is 0.0466. The summed E-state index contributed by atoms with van der Waals surface area (Å²) in [6.45, 7) is 2.14. The van der Waals surface area contributed by atoms with Crippen LogP contribution in [0.5, 0.6) is 5.75 Å². The second-order valence-corrected chi connectivity index (χ2v) is 4.62. The van der Waals surface area contributed by atoms with Crippen molar-refractivity contribution < 1.29 is 13.5 Å². The highest BCUT2D eigenvalue weighted by Gasteiger charge is 2.24. The summed E-state index contributed by atoms with van der Waals surface area (Å²) in [7, 11) is 0. The predicted molar refractivity (Wildman–Crippen MR) is 63.2 cm³/mol. The molecule has 1 aliphatic heterocycles. The summed E-state index contributed by atoms with van der Waals surface area (Å²) < 4.78 is 32.2. The summed E-state index contributed by atoms with van der Waals surface area (Å²) in [5.74, 6) is -1.52. The monoisotopic (exact) mass is 240 g/mol. The molecule has 1 atom stereocenters.